The van der Waals surface area contributed by atoms with Gasteiger partial charge in [-0.25, -0.2) is 9.78 Å². The first-order valence-electron chi connectivity index (χ1n) is 11.0. The van der Waals surface area contributed by atoms with Crippen LogP contribution in [-0.2, 0) is 4.79 Å². The molecule has 4 fully saturated rings. The minimum Gasteiger partial charge on any atom is -0.474 e. The summed E-state index contributed by atoms with van der Waals surface area (Å²) in [7, 11) is 0. The Bertz CT molecular complexity index is 868. The molecule has 1 spiro atoms. The summed E-state index contributed by atoms with van der Waals surface area (Å²) >= 11 is 0. The average Bonchev–Trinajstić information content (AvgIpc) is 3.25. The van der Waals surface area contributed by atoms with Crippen molar-refractivity contribution in [3.05, 3.63) is 23.9 Å². The van der Waals surface area contributed by atoms with Crippen molar-refractivity contribution in [3.63, 3.8) is 0 Å². The zero-order valence-electron chi connectivity index (χ0n) is 17.0. The number of hydrogen-bond donors (Lipinski definition) is 2. The number of ether oxygens (including phenoxy) is 1. The van der Waals surface area contributed by atoms with Crippen LogP contribution < -0.4 is 15.8 Å². The van der Waals surface area contributed by atoms with Gasteiger partial charge in [-0.05, 0) is 55.6 Å². The second-order valence-electron chi connectivity index (χ2n) is 9.53. The summed E-state index contributed by atoms with van der Waals surface area (Å²) in [4.78, 5) is 42.4. The highest BCUT2D eigenvalue weighted by molar-refractivity contribution is 6.04. The second-order valence-corrected chi connectivity index (χ2v) is 9.53. The Kier molecular flexibility index (Phi) is 4.67. The predicted octanol–water partition coefficient (Wildman–Crippen LogP) is 2.37. The molecule has 1 aromatic heterocycles. The van der Waals surface area contributed by atoms with Crippen molar-refractivity contribution >= 4 is 17.8 Å². The van der Waals surface area contributed by atoms with Crippen LogP contribution >= 0.6 is 0 Å². The number of urea groups is 1. The van der Waals surface area contributed by atoms with Gasteiger partial charge in [-0.15, -0.1) is 0 Å². The summed E-state index contributed by atoms with van der Waals surface area (Å²) in [6, 6.07) is 2.69. The van der Waals surface area contributed by atoms with Crippen LogP contribution in [0.4, 0.5) is 4.79 Å². The van der Waals surface area contributed by atoms with Crippen LogP contribution in [0.3, 0.4) is 0 Å². The quantitative estimate of drug-likeness (QED) is 0.696. The Morgan fingerprint density at radius 1 is 1.23 bits per heavy atom. The molecule has 8 nitrogen and oxygen atoms in total. The largest absolute Gasteiger partial charge is 0.474 e. The minimum atomic E-state index is -0.554. The van der Waals surface area contributed by atoms with Gasteiger partial charge in [0.2, 0.25) is 5.88 Å². The van der Waals surface area contributed by atoms with Gasteiger partial charge in [0, 0.05) is 12.2 Å². The van der Waals surface area contributed by atoms with Crippen LogP contribution in [0.15, 0.2) is 18.3 Å². The highest BCUT2D eigenvalue weighted by atomic mass is 16.5. The fourth-order valence-electron chi connectivity index (χ4n) is 5.91. The van der Waals surface area contributed by atoms with E-state index in [4.69, 9.17) is 10.5 Å². The van der Waals surface area contributed by atoms with Crippen molar-refractivity contribution in [1.29, 1.82) is 0 Å². The lowest BCUT2D eigenvalue weighted by Crippen LogP contribution is -2.60. The van der Waals surface area contributed by atoms with Gasteiger partial charge in [0.05, 0.1) is 0 Å². The minimum absolute atomic E-state index is 0.0111. The third-order valence-electron chi connectivity index (χ3n) is 7.43. The molecule has 1 aliphatic heterocycles. The van der Waals surface area contributed by atoms with E-state index in [1.54, 1.807) is 18.3 Å². The third-order valence-corrected chi connectivity index (χ3v) is 7.43. The molecule has 0 bridgehead atoms. The molecule has 4 aliphatic rings. The number of nitrogens with zero attached hydrogens (tertiary/aromatic N) is 2. The van der Waals surface area contributed by atoms with E-state index in [1.807, 2.05) is 0 Å². The molecule has 4 amide bonds. The molecule has 3 saturated carbocycles. The lowest BCUT2D eigenvalue weighted by molar-refractivity contribution is -0.141. The highest BCUT2D eigenvalue weighted by Gasteiger charge is 2.58. The molecule has 160 valence electrons. The Labute approximate surface area is 175 Å². The number of amides is 4. The number of nitrogens with one attached hydrogen (secondary N) is 1. The smallest absolute Gasteiger partial charge is 0.325 e. The van der Waals surface area contributed by atoms with Gasteiger partial charge in [-0.3, -0.25) is 14.5 Å². The number of primary amides is 1. The van der Waals surface area contributed by atoms with Crippen LogP contribution in [0.2, 0.25) is 0 Å². The maximum absolute atomic E-state index is 12.8. The van der Waals surface area contributed by atoms with Gasteiger partial charge >= 0.3 is 6.03 Å². The third kappa shape index (κ3) is 3.32. The molecule has 1 aromatic rings. The summed E-state index contributed by atoms with van der Waals surface area (Å²) < 4.78 is 5.90. The lowest BCUT2D eigenvalue weighted by Gasteiger charge is -2.58. The highest BCUT2D eigenvalue weighted by Crippen LogP contribution is 2.58. The summed E-state index contributed by atoms with van der Waals surface area (Å²) in [6.45, 7) is 0. The first-order chi connectivity index (χ1) is 14.4. The average molecular weight is 412 g/mol. The molecule has 3 aliphatic carbocycles. The molecule has 3 N–H and O–H groups in total. The molecule has 0 unspecified atom stereocenters. The molecule has 1 atom stereocenters. The molecule has 0 radical (unpaired) electrons. The molecule has 30 heavy (non-hydrogen) atoms. The van der Waals surface area contributed by atoms with Crippen LogP contribution in [0, 0.1) is 11.3 Å². The Balaban J connectivity index is 1.13. The summed E-state index contributed by atoms with van der Waals surface area (Å²) in [5, 5.41) is 2.91. The zero-order valence-corrected chi connectivity index (χ0v) is 17.0. The molecule has 0 aromatic carbocycles. The molecule has 2 heterocycles. The number of pyridine rings is 1. The maximum atomic E-state index is 12.8. The van der Waals surface area contributed by atoms with Crippen molar-refractivity contribution in [2.24, 2.45) is 17.1 Å². The summed E-state index contributed by atoms with van der Waals surface area (Å²) in [6.07, 6.45) is 10.5. The van der Waals surface area contributed by atoms with Gasteiger partial charge in [0.25, 0.3) is 11.8 Å². The van der Waals surface area contributed by atoms with Crippen LogP contribution in [0.25, 0.3) is 0 Å². The van der Waals surface area contributed by atoms with Crippen LogP contribution in [0.1, 0.15) is 68.1 Å². The van der Waals surface area contributed by atoms with Gasteiger partial charge in [0.15, 0.2) is 0 Å². The number of rotatable bonds is 6. The topological polar surface area (TPSA) is 115 Å². The number of imide groups is 1. The van der Waals surface area contributed by atoms with E-state index in [1.165, 1.54) is 30.6 Å². The standard InChI is InChI=1S/C22H28N4O4/c23-18(27)16-6-3-7-24-19(16)30-15-11-22(12-15)9-14(10-22)26-20(28)17(25-21(26)29)8-13-4-1-2-5-13/h3,6-7,13-15,17H,1-2,4-5,8-12H2,(H2,23,27)(H,25,29)/t14?,15?,17-,22?/m1/s1. The molecule has 5 rings (SSSR count). The number of carbonyl (C=O) groups excluding carboxylic acids is 3. The van der Waals surface area contributed by atoms with E-state index >= 15 is 0 Å². The van der Waals surface area contributed by atoms with E-state index in [0.29, 0.717) is 5.92 Å². The van der Waals surface area contributed by atoms with Gasteiger partial charge in [-0.1, -0.05) is 25.7 Å². The molecule has 1 saturated heterocycles. The van der Waals surface area contributed by atoms with Gasteiger partial charge < -0.3 is 15.8 Å². The van der Waals surface area contributed by atoms with Crippen molar-refractivity contribution < 1.29 is 19.1 Å². The van der Waals surface area contributed by atoms with Crippen molar-refractivity contribution in [1.82, 2.24) is 15.2 Å². The maximum Gasteiger partial charge on any atom is 0.325 e. The number of aromatic nitrogens is 1. The van der Waals surface area contributed by atoms with E-state index < -0.39 is 5.91 Å². The Morgan fingerprint density at radius 3 is 2.67 bits per heavy atom. The van der Waals surface area contributed by atoms with Crippen LogP contribution in [-0.4, -0.2) is 45.9 Å². The SMILES string of the molecule is NC(=O)c1cccnc1OC1CC2(C1)CC(N1C(=O)N[C@H](CC3CCCC3)C1=O)C2. The van der Waals surface area contributed by atoms with Crippen molar-refractivity contribution in [2.45, 2.75) is 76.0 Å². The second kappa shape index (κ2) is 7.25. The van der Waals surface area contributed by atoms with Gasteiger partial charge in [0.1, 0.15) is 17.7 Å². The van der Waals surface area contributed by atoms with E-state index in [0.717, 1.165) is 32.1 Å². The first-order valence-corrected chi connectivity index (χ1v) is 11.0. The molecule has 8 heteroatoms. The monoisotopic (exact) mass is 412 g/mol. The van der Waals surface area contributed by atoms with Crippen molar-refractivity contribution in [3.8, 4) is 5.88 Å². The van der Waals surface area contributed by atoms with E-state index in [9.17, 15) is 14.4 Å². The predicted molar refractivity (Wildman–Crippen MR) is 108 cm³/mol. The number of hydrogen-bond acceptors (Lipinski definition) is 5. The summed E-state index contributed by atoms with van der Waals surface area (Å²) in [5.74, 6) is 0.248. The lowest BCUT2D eigenvalue weighted by atomic mass is 9.52. The Morgan fingerprint density at radius 2 is 1.97 bits per heavy atom. The molecular formula is C22H28N4O4. The Hall–Kier alpha value is -2.64. The fraction of sp³-hybridized carbons (Fsp3) is 0.636. The van der Waals surface area contributed by atoms with E-state index in [2.05, 4.69) is 10.3 Å². The zero-order chi connectivity index (χ0) is 20.9. The number of carbonyl (C=O) groups is 3. The van der Waals surface area contributed by atoms with Gasteiger partial charge in [-0.2, -0.15) is 0 Å². The van der Waals surface area contributed by atoms with Crippen molar-refractivity contribution in [2.75, 3.05) is 0 Å². The fourth-order valence-corrected chi connectivity index (χ4v) is 5.91. The normalized spacial score (nSPS) is 33.3. The molecular weight excluding hydrogens is 384 g/mol. The van der Waals surface area contributed by atoms with E-state index in [-0.39, 0.29) is 47.0 Å². The first kappa shape index (κ1) is 19.3. The number of nitrogens with two attached hydrogens (primary N) is 1. The van der Waals surface area contributed by atoms with Crippen LogP contribution in [0.5, 0.6) is 5.88 Å². The summed E-state index contributed by atoms with van der Waals surface area (Å²) in [5.41, 5.74) is 5.80.